The molecule has 0 aliphatic carbocycles. The summed E-state index contributed by atoms with van der Waals surface area (Å²) in [5.74, 6) is 0.0306. The van der Waals surface area contributed by atoms with Crippen LogP contribution in [0.25, 0.3) is 22.2 Å². The van der Waals surface area contributed by atoms with E-state index in [-0.39, 0.29) is 11.9 Å². The summed E-state index contributed by atoms with van der Waals surface area (Å²) < 4.78 is 20.5. The Bertz CT molecular complexity index is 1070. The molecule has 6 heteroatoms. The SMILES string of the molecule is O=c1c2c(F)cccc2ncn1Cc1cc(-c2ccccc2)on1. The van der Waals surface area contributed by atoms with E-state index in [0.29, 0.717) is 17.0 Å². The number of fused-ring (bicyclic) bond motifs is 1. The predicted octanol–water partition coefficient (Wildman–Crippen LogP) is 3.24. The summed E-state index contributed by atoms with van der Waals surface area (Å²) in [6.07, 6.45) is 1.39. The lowest BCUT2D eigenvalue weighted by atomic mass is 10.1. The predicted molar refractivity (Wildman–Crippen MR) is 87.0 cm³/mol. The Morgan fingerprint density at radius 2 is 1.92 bits per heavy atom. The lowest BCUT2D eigenvalue weighted by Gasteiger charge is -2.04. The molecule has 2 heterocycles. The monoisotopic (exact) mass is 321 g/mol. The third-order valence-corrected chi connectivity index (χ3v) is 3.75. The molecule has 0 spiro atoms. The van der Waals surface area contributed by atoms with Crippen LogP contribution in [0.1, 0.15) is 5.69 Å². The number of benzene rings is 2. The second-order valence-electron chi connectivity index (χ2n) is 5.36. The van der Waals surface area contributed by atoms with Crippen molar-refractivity contribution in [3.63, 3.8) is 0 Å². The van der Waals surface area contributed by atoms with Gasteiger partial charge >= 0.3 is 0 Å². The Labute approximate surface area is 136 Å². The van der Waals surface area contributed by atoms with Gasteiger partial charge in [-0.15, -0.1) is 0 Å². The maximum Gasteiger partial charge on any atom is 0.264 e. The van der Waals surface area contributed by atoms with E-state index in [1.807, 2.05) is 30.3 Å². The van der Waals surface area contributed by atoms with Crippen LogP contribution in [0.4, 0.5) is 4.39 Å². The van der Waals surface area contributed by atoms with Crippen LogP contribution in [0.5, 0.6) is 0 Å². The van der Waals surface area contributed by atoms with Crippen LogP contribution in [0.15, 0.2) is 70.2 Å². The maximum absolute atomic E-state index is 13.9. The summed E-state index contributed by atoms with van der Waals surface area (Å²) in [5.41, 5.74) is 1.35. The van der Waals surface area contributed by atoms with Crippen molar-refractivity contribution in [2.24, 2.45) is 0 Å². The molecule has 0 fully saturated rings. The topological polar surface area (TPSA) is 60.9 Å². The number of hydrogen-bond acceptors (Lipinski definition) is 4. The zero-order valence-corrected chi connectivity index (χ0v) is 12.5. The molecule has 0 saturated carbocycles. The Hall–Kier alpha value is -3.28. The number of hydrogen-bond donors (Lipinski definition) is 0. The van der Waals surface area contributed by atoms with Gasteiger partial charge in [0.15, 0.2) is 5.76 Å². The van der Waals surface area contributed by atoms with Crippen molar-refractivity contribution in [1.29, 1.82) is 0 Å². The van der Waals surface area contributed by atoms with Crippen molar-refractivity contribution in [3.8, 4) is 11.3 Å². The Balaban J connectivity index is 1.71. The average Bonchev–Trinajstić information content (AvgIpc) is 3.07. The van der Waals surface area contributed by atoms with Crippen molar-refractivity contribution >= 4 is 10.9 Å². The molecule has 2 aromatic heterocycles. The fourth-order valence-corrected chi connectivity index (χ4v) is 2.57. The highest BCUT2D eigenvalue weighted by Crippen LogP contribution is 2.20. The minimum atomic E-state index is -0.579. The van der Waals surface area contributed by atoms with Crippen molar-refractivity contribution in [3.05, 3.63) is 82.8 Å². The first-order valence-electron chi connectivity index (χ1n) is 7.37. The normalized spacial score (nSPS) is 11.0. The molecule has 0 bridgehead atoms. The van der Waals surface area contributed by atoms with E-state index in [2.05, 4.69) is 10.1 Å². The van der Waals surface area contributed by atoms with Gasteiger partial charge < -0.3 is 4.52 Å². The lowest BCUT2D eigenvalue weighted by Crippen LogP contribution is -2.22. The van der Waals surface area contributed by atoms with Gasteiger partial charge in [0.05, 0.1) is 18.4 Å². The van der Waals surface area contributed by atoms with Crippen LogP contribution in [0.2, 0.25) is 0 Å². The highest BCUT2D eigenvalue weighted by molar-refractivity contribution is 5.77. The van der Waals surface area contributed by atoms with E-state index in [1.165, 1.54) is 23.0 Å². The Morgan fingerprint density at radius 3 is 2.75 bits per heavy atom. The van der Waals surface area contributed by atoms with Crippen molar-refractivity contribution in [2.45, 2.75) is 6.54 Å². The van der Waals surface area contributed by atoms with Gasteiger partial charge in [0.25, 0.3) is 5.56 Å². The van der Waals surface area contributed by atoms with Gasteiger partial charge in [-0.2, -0.15) is 0 Å². The van der Waals surface area contributed by atoms with Gasteiger partial charge in [0.1, 0.15) is 16.9 Å². The van der Waals surface area contributed by atoms with E-state index in [0.717, 1.165) is 5.56 Å². The Morgan fingerprint density at radius 1 is 1.08 bits per heavy atom. The fraction of sp³-hybridized carbons (Fsp3) is 0.0556. The van der Waals surface area contributed by atoms with Gasteiger partial charge in [-0.3, -0.25) is 9.36 Å². The van der Waals surface area contributed by atoms with E-state index < -0.39 is 11.4 Å². The van der Waals surface area contributed by atoms with Gasteiger partial charge in [-0.05, 0) is 12.1 Å². The number of rotatable bonds is 3. The molecule has 0 unspecified atom stereocenters. The molecule has 0 aliphatic heterocycles. The van der Waals surface area contributed by atoms with Gasteiger partial charge in [0.2, 0.25) is 0 Å². The molecule has 0 saturated heterocycles. The standard InChI is InChI=1S/C18H12FN3O2/c19-14-7-4-8-15-17(14)18(23)22(11-20-15)10-13-9-16(24-21-13)12-5-2-1-3-6-12/h1-9,11H,10H2. The molecule has 0 atom stereocenters. The molecule has 2 aromatic carbocycles. The maximum atomic E-state index is 13.9. The number of nitrogens with zero attached hydrogens (tertiary/aromatic N) is 3. The second kappa shape index (κ2) is 5.73. The largest absolute Gasteiger partial charge is 0.356 e. The van der Waals surface area contributed by atoms with Crippen LogP contribution >= 0.6 is 0 Å². The van der Waals surface area contributed by atoms with Gasteiger partial charge in [-0.1, -0.05) is 41.6 Å². The summed E-state index contributed by atoms with van der Waals surface area (Å²) >= 11 is 0. The van der Waals surface area contributed by atoms with Crippen LogP contribution in [-0.2, 0) is 6.54 Å². The smallest absolute Gasteiger partial charge is 0.264 e. The lowest BCUT2D eigenvalue weighted by molar-refractivity contribution is 0.420. The van der Waals surface area contributed by atoms with E-state index >= 15 is 0 Å². The minimum absolute atomic E-state index is 0.0215. The zero-order valence-electron chi connectivity index (χ0n) is 12.5. The summed E-state index contributed by atoms with van der Waals surface area (Å²) in [4.78, 5) is 16.6. The molecule has 0 radical (unpaired) electrons. The first-order chi connectivity index (χ1) is 11.7. The average molecular weight is 321 g/mol. The van der Waals surface area contributed by atoms with Crippen LogP contribution < -0.4 is 5.56 Å². The molecular formula is C18H12FN3O2. The molecule has 118 valence electrons. The van der Waals surface area contributed by atoms with E-state index in [9.17, 15) is 9.18 Å². The first kappa shape index (κ1) is 14.3. The summed E-state index contributed by atoms with van der Waals surface area (Å²) in [6, 6.07) is 15.7. The molecule has 0 aliphatic rings. The number of halogens is 1. The minimum Gasteiger partial charge on any atom is -0.356 e. The highest BCUT2D eigenvalue weighted by atomic mass is 19.1. The first-order valence-corrected chi connectivity index (χ1v) is 7.37. The summed E-state index contributed by atoms with van der Waals surface area (Å²) in [7, 11) is 0. The van der Waals surface area contributed by atoms with Crippen molar-refractivity contribution in [1.82, 2.24) is 14.7 Å². The summed E-state index contributed by atoms with van der Waals surface area (Å²) in [5, 5.41) is 3.95. The molecule has 4 aromatic rings. The Kier molecular flexibility index (Phi) is 3.42. The summed E-state index contributed by atoms with van der Waals surface area (Å²) in [6.45, 7) is 0.159. The molecule has 4 rings (SSSR count). The van der Waals surface area contributed by atoms with Crippen molar-refractivity contribution in [2.75, 3.05) is 0 Å². The molecule has 0 amide bonds. The third-order valence-electron chi connectivity index (χ3n) is 3.75. The van der Waals surface area contributed by atoms with Crippen LogP contribution in [-0.4, -0.2) is 14.7 Å². The second-order valence-corrected chi connectivity index (χ2v) is 5.36. The van der Waals surface area contributed by atoms with Gasteiger partial charge in [-0.25, -0.2) is 9.37 Å². The quantitative estimate of drug-likeness (QED) is 0.581. The van der Waals surface area contributed by atoms with Crippen molar-refractivity contribution < 1.29 is 8.91 Å². The molecule has 5 nitrogen and oxygen atoms in total. The highest BCUT2D eigenvalue weighted by Gasteiger charge is 2.11. The molecule has 24 heavy (non-hydrogen) atoms. The number of aromatic nitrogens is 3. The third kappa shape index (κ3) is 2.48. The fourth-order valence-electron chi connectivity index (χ4n) is 2.57. The van der Waals surface area contributed by atoms with E-state index in [4.69, 9.17) is 4.52 Å². The zero-order chi connectivity index (χ0) is 16.5. The van der Waals surface area contributed by atoms with E-state index in [1.54, 1.807) is 12.1 Å². The van der Waals surface area contributed by atoms with Crippen LogP contribution in [0.3, 0.4) is 0 Å². The molecular weight excluding hydrogens is 309 g/mol. The van der Waals surface area contributed by atoms with Crippen LogP contribution in [0, 0.1) is 5.82 Å². The molecule has 0 N–H and O–H groups in total. The van der Waals surface area contributed by atoms with Gasteiger partial charge in [0, 0.05) is 11.6 Å².